The van der Waals surface area contributed by atoms with Gasteiger partial charge in [-0.2, -0.15) is 0 Å². The monoisotopic (exact) mass is 303 g/mol. The summed E-state index contributed by atoms with van der Waals surface area (Å²) >= 11 is 0. The summed E-state index contributed by atoms with van der Waals surface area (Å²) in [6, 6.07) is 8.83. The molecule has 1 aromatic carbocycles. The van der Waals surface area contributed by atoms with E-state index < -0.39 is 0 Å². The average molecular weight is 303 g/mol. The van der Waals surface area contributed by atoms with Crippen LogP contribution in [0.5, 0.6) is 5.75 Å². The molecule has 2 aliphatic heterocycles. The average Bonchev–Trinajstić information content (AvgIpc) is 2.76. The van der Waals surface area contributed by atoms with Gasteiger partial charge in [0.2, 0.25) is 5.91 Å². The van der Waals surface area contributed by atoms with Crippen LogP contribution in [0.25, 0.3) is 0 Å². The van der Waals surface area contributed by atoms with E-state index in [4.69, 9.17) is 4.74 Å². The molecule has 0 aliphatic carbocycles. The summed E-state index contributed by atoms with van der Waals surface area (Å²) in [6.07, 6.45) is 3.73. The van der Waals surface area contributed by atoms with Crippen molar-refractivity contribution in [3.63, 3.8) is 0 Å². The van der Waals surface area contributed by atoms with Gasteiger partial charge in [0.1, 0.15) is 5.75 Å². The maximum atomic E-state index is 12.3. The summed E-state index contributed by atoms with van der Waals surface area (Å²) < 4.78 is 5.28. The van der Waals surface area contributed by atoms with Crippen molar-refractivity contribution in [2.45, 2.75) is 31.3 Å². The van der Waals surface area contributed by atoms with Crippen LogP contribution in [0.2, 0.25) is 0 Å². The van der Waals surface area contributed by atoms with Crippen molar-refractivity contribution in [1.29, 1.82) is 0 Å². The molecule has 0 unspecified atom stereocenters. The first-order valence-electron chi connectivity index (χ1n) is 8.04. The van der Waals surface area contributed by atoms with E-state index in [9.17, 15) is 4.79 Å². The maximum Gasteiger partial charge on any atom is 0.238 e. The van der Waals surface area contributed by atoms with Gasteiger partial charge in [0.25, 0.3) is 0 Å². The highest BCUT2D eigenvalue weighted by atomic mass is 16.5. The lowest BCUT2D eigenvalue weighted by molar-refractivity contribution is -0.117. The number of nitrogens with one attached hydrogen (secondary N) is 1. The van der Waals surface area contributed by atoms with Gasteiger partial charge in [0, 0.05) is 25.2 Å². The van der Waals surface area contributed by atoms with Crippen molar-refractivity contribution < 1.29 is 9.53 Å². The molecule has 0 spiro atoms. The first-order chi connectivity index (χ1) is 10.7. The Morgan fingerprint density at radius 3 is 2.86 bits per heavy atom. The fraction of sp³-hybridized carbons (Fsp3) is 0.588. The lowest BCUT2D eigenvalue weighted by Crippen LogP contribution is -2.40. The van der Waals surface area contributed by atoms with Crippen molar-refractivity contribution >= 4 is 11.6 Å². The minimum atomic E-state index is 0.0323. The van der Waals surface area contributed by atoms with Crippen molar-refractivity contribution in [3.8, 4) is 5.75 Å². The molecule has 5 heteroatoms. The minimum Gasteiger partial charge on any atom is -0.495 e. The number of nitrogens with zero attached hydrogens (tertiary/aromatic N) is 2. The zero-order valence-electron chi connectivity index (χ0n) is 13.4. The van der Waals surface area contributed by atoms with Crippen LogP contribution in [0.1, 0.15) is 19.3 Å². The molecule has 120 valence electrons. The summed E-state index contributed by atoms with van der Waals surface area (Å²) in [5.41, 5.74) is 0.739. The van der Waals surface area contributed by atoms with E-state index in [-0.39, 0.29) is 5.91 Å². The zero-order valence-corrected chi connectivity index (χ0v) is 13.4. The van der Waals surface area contributed by atoms with E-state index in [1.807, 2.05) is 24.3 Å². The molecule has 2 atom stereocenters. The number of hydrogen-bond acceptors (Lipinski definition) is 4. The number of fused-ring (bicyclic) bond motifs is 2. The summed E-state index contributed by atoms with van der Waals surface area (Å²) in [7, 11) is 3.84. The van der Waals surface area contributed by atoms with Gasteiger partial charge < -0.3 is 10.1 Å². The Morgan fingerprint density at radius 1 is 1.27 bits per heavy atom. The molecule has 22 heavy (non-hydrogen) atoms. The van der Waals surface area contributed by atoms with E-state index in [2.05, 4.69) is 22.2 Å². The van der Waals surface area contributed by atoms with Gasteiger partial charge >= 0.3 is 0 Å². The molecule has 2 aliphatic rings. The van der Waals surface area contributed by atoms with Gasteiger partial charge in [-0.25, -0.2) is 0 Å². The number of likely N-dealkylation sites (tertiary alicyclic amines) is 1. The molecule has 1 aromatic rings. The van der Waals surface area contributed by atoms with Gasteiger partial charge in [0.15, 0.2) is 0 Å². The first kappa shape index (κ1) is 15.3. The Kier molecular flexibility index (Phi) is 4.64. The molecular formula is C17H25N3O2. The van der Waals surface area contributed by atoms with Gasteiger partial charge in [-0.3, -0.25) is 14.6 Å². The summed E-state index contributed by atoms with van der Waals surface area (Å²) in [6.45, 7) is 2.45. The quantitative estimate of drug-likeness (QED) is 0.921. The van der Waals surface area contributed by atoms with E-state index in [1.54, 1.807) is 7.11 Å². The lowest BCUT2D eigenvalue weighted by Gasteiger charge is -2.25. The molecule has 5 nitrogen and oxygen atoms in total. The first-order valence-corrected chi connectivity index (χ1v) is 8.04. The third kappa shape index (κ3) is 3.25. The number of rotatable bonds is 4. The molecule has 0 radical (unpaired) electrons. The van der Waals surface area contributed by atoms with Crippen molar-refractivity contribution in [2.75, 3.05) is 39.1 Å². The molecular weight excluding hydrogens is 278 g/mol. The van der Waals surface area contributed by atoms with E-state index in [0.29, 0.717) is 24.4 Å². The van der Waals surface area contributed by atoms with E-state index in [1.165, 1.54) is 12.8 Å². The highest BCUT2D eigenvalue weighted by Crippen LogP contribution is 2.28. The van der Waals surface area contributed by atoms with Crippen LogP contribution in [0, 0.1) is 0 Å². The molecule has 1 amide bonds. The Morgan fingerprint density at radius 2 is 2.05 bits per heavy atom. The molecule has 1 N–H and O–H groups in total. The highest BCUT2D eigenvalue weighted by Gasteiger charge is 2.34. The van der Waals surface area contributed by atoms with Crippen LogP contribution in [-0.2, 0) is 4.79 Å². The second-order valence-electron chi connectivity index (χ2n) is 6.32. The number of carbonyl (C=O) groups excluding carboxylic acids is 1. The van der Waals surface area contributed by atoms with Crippen LogP contribution >= 0.6 is 0 Å². The summed E-state index contributed by atoms with van der Waals surface area (Å²) in [5.74, 6) is 0.732. The Balaban J connectivity index is 1.58. The number of hydrogen-bond donors (Lipinski definition) is 1. The van der Waals surface area contributed by atoms with Crippen LogP contribution in [-0.4, -0.2) is 61.6 Å². The molecule has 3 rings (SSSR count). The number of para-hydroxylation sites is 2. The lowest BCUT2D eigenvalue weighted by atomic mass is 10.1. The Bertz CT molecular complexity index is 534. The highest BCUT2D eigenvalue weighted by molar-refractivity contribution is 5.93. The van der Waals surface area contributed by atoms with Crippen LogP contribution in [0.3, 0.4) is 0 Å². The minimum absolute atomic E-state index is 0.0323. The fourth-order valence-corrected chi connectivity index (χ4v) is 3.66. The zero-order chi connectivity index (χ0) is 15.5. The van der Waals surface area contributed by atoms with Gasteiger partial charge in [-0.1, -0.05) is 12.1 Å². The number of amides is 1. The molecule has 2 saturated heterocycles. The topological polar surface area (TPSA) is 44.8 Å². The number of anilines is 1. The third-order valence-electron chi connectivity index (χ3n) is 4.98. The smallest absolute Gasteiger partial charge is 0.238 e. The number of carbonyl (C=O) groups is 1. The Hall–Kier alpha value is -1.59. The van der Waals surface area contributed by atoms with Gasteiger partial charge in [-0.15, -0.1) is 0 Å². The van der Waals surface area contributed by atoms with Crippen molar-refractivity contribution in [3.05, 3.63) is 24.3 Å². The maximum absolute atomic E-state index is 12.3. The molecule has 0 aromatic heterocycles. The van der Waals surface area contributed by atoms with Gasteiger partial charge in [-0.05, 0) is 38.4 Å². The predicted octanol–water partition coefficient (Wildman–Crippen LogP) is 1.80. The normalized spacial score (nSPS) is 25.7. The molecule has 2 bridgehead atoms. The van der Waals surface area contributed by atoms with E-state index in [0.717, 1.165) is 25.2 Å². The third-order valence-corrected chi connectivity index (χ3v) is 4.98. The number of methoxy groups -OCH3 is 1. The fourth-order valence-electron chi connectivity index (χ4n) is 3.66. The van der Waals surface area contributed by atoms with Gasteiger partial charge in [0.05, 0.1) is 19.3 Å². The van der Waals surface area contributed by atoms with Crippen LogP contribution in [0.4, 0.5) is 5.69 Å². The predicted molar refractivity (Wildman–Crippen MR) is 87.3 cm³/mol. The number of ether oxygens (including phenoxy) is 1. The van der Waals surface area contributed by atoms with Crippen LogP contribution < -0.4 is 10.1 Å². The summed E-state index contributed by atoms with van der Waals surface area (Å²) in [5, 5.41) is 2.97. The molecule has 0 saturated carbocycles. The summed E-state index contributed by atoms with van der Waals surface area (Å²) in [4.78, 5) is 17.1. The SMILES string of the molecule is COc1ccccc1NC(=O)CN1CC[C@H]2CC[C@@H](C1)N2C. The standard InChI is InChI=1S/C17H25N3O2/c1-19-13-7-8-14(19)11-20(10-9-13)12-17(21)18-15-5-3-4-6-16(15)22-2/h3-6,13-14H,7-12H2,1-2H3,(H,18,21)/t13-,14+/m1/s1. The molecule has 2 heterocycles. The second-order valence-corrected chi connectivity index (χ2v) is 6.32. The number of likely N-dealkylation sites (N-methyl/N-ethyl adjacent to an activating group) is 1. The largest absolute Gasteiger partial charge is 0.495 e. The van der Waals surface area contributed by atoms with E-state index >= 15 is 0 Å². The van der Waals surface area contributed by atoms with Crippen LogP contribution in [0.15, 0.2) is 24.3 Å². The van der Waals surface area contributed by atoms with Crippen molar-refractivity contribution in [1.82, 2.24) is 9.80 Å². The second kappa shape index (κ2) is 6.67. The number of benzene rings is 1. The Labute approximate surface area is 132 Å². The van der Waals surface area contributed by atoms with Crippen molar-refractivity contribution in [2.24, 2.45) is 0 Å². The molecule has 2 fully saturated rings.